The molecule has 0 saturated heterocycles. The molecule has 0 unspecified atom stereocenters. The Morgan fingerprint density at radius 1 is 0.900 bits per heavy atom. The van der Waals surface area contributed by atoms with E-state index in [4.69, 9.17) is 10.8 Å². The van der Waals surface area contributed by atoms with Crippen LogP contribution in [0.5, 0.6) is 0 Å². The summed E-state index contributed by atoms with van der Waals surface area (Å²) in [5.74, 6) is -1.97. The van der Waals surface area contributed by atoms with Crippen molar-refractivity contribution in [2.24, 2.45) is 0 Å². The number of fused-ring (bicyclic) bond motifs is 2. The Morgan fingerprint density at radius 3 is 2.10 bits per heavy atom. The molecule has 5 nitrogen and oxygen atoms in total. The van der Waals surface area contributed by atoms with Gasteiger partial charge in [-0.25, -0.2) is 4.79 Å². The molecule has 20 heavy (non-hydrogen) atoms. The molecule has 0 amide bonds. The summed E-state index contributed by atoms with van der Waals surface area (Å²) in [5.41, 5.74) is 6.11. The van der Waals surface area contributed by atoms with Gasteiger partial charge in [0.1, 0.15) is 0 Å². The van der Waals surface area contributed by atoms with Gasteiger partial charge in [-0.3, -0.25) is 9.59 Å². The molecule has 0 bridgehead atoms. The highest BCUT2D eigenvalue weighted by Crippen LogP contribution is 2.32. The van der Waals surface area contributed by atoms with Gasteiger partial charge in [-0.05, 0) is 12.1 Å². The quantitative estimate of drug-likeness (QED) is 0.654. The highest BCUT2D eigenvalue weighted by molar-refractivity contribution is 6.30. The molecule has 0 atom stereocenters. The van der Waals surface area contributed by atoms with E-state index in [9.17, 15) is 14.4 Å². The monoisotopic (exact) mass is 267 g/mol. The van der Waals surface area contributed by atoms with Gasteiger partial charge in [0.15, 0.2) is 11.6 Å². The molecular formula is C15H9NO4. The summed E-state index contributed by atoms with van der Waals surface area (Å²) in [6, 6.07) is 9.00. The van der Waals surface area contributed by atoms with Crippen LogP contribution < -0.4 is 5.73 Å². The van der Waals surface area contributed by atoms with Crippen molar-refractivity contribution >= 4 is 23.2 Å². The molecule has 2 aromatic carbocycles. The van der Waals surface area contributed by atoms with Crippen molar-refractivity contribution in [3.05, 3.63) is 64.2 Å². The molecule has 0 fully saturated rings. The summed E-state index contributed by atoms with van der Waals surface area (Å²) < 4.78 is 0. The number of ketones is 2. The van der Waals surface area contributed by atoms with E-state index >= 15 is 0 Å². The molecule has 0 spiro atoms. The van der Waals surface area contributed by atoms with Crippen molar-refractivity contribution in [2.45, 2.75) is 0 Å². The number of benzene rings is 2. The summed E-state index contributed by atoms with van der Waals surface area (Å²) in [6.45, 7) is 0. The predicted molar refractivity (Wildman–Crippen MR) is 71.1 cm³/mol. The van der Waals surface area contributed by atoms with Crippen LogP contribution in [-0.2, 0) is 0 Å². The minimum Gasteiger partial charge on any atom is -0.478 e. The minimum atomic E-state index is -1.23. The van der Waals surface area contributed by atoms with Crippen LogP contribution in [0.15, 0.2) is 36.4 Å². The lowest BCUT2D eigenvalue weighted by Gasteiger charge is -2.19. The summed E-state index contributed by atoms with van der Waals surface area (Å²) in [4.78, 5) is 35.8. The van der Waals surface area contributed by atoms with Crippen LogP contribution >= 0.6 is 0 Å². The summed E-state index contributed by atoms with van der Waals surface area (Å²) >= 11 is 0. The highest BCUT2D eigenvalue weighted by Gasteiger charge is 2.32. The fourth-order valence-corrected chi connectivity index (χ4v) is 2.40. The van der Waals surface area contributed by atoms with Gasteiger partial charge in [-0.1, -0.05) is 24.3 Å². The zero-order valence-corrected chi connectivity index (χ0v) is 10.2. The summed E-state index contributed by atoms with van der Waals surface area (Å²) in [7, 11) is 0. The second-order valence-electron chi connectivity index (χ2n) is 4.46. The Morgan fingerprint density at radius 2 is 1.50 bits per heavy atom. The van der Waals surface area contributed by atoms with Crippen molar-refractivity contribution in [1.82, 2.24) is 0 Å². The molecule has 3 rings (SSSR count). The van der Waals surface area contributed by atoms with E-state index in [0.29, 0.717) is 5.56 Å². The lowest BCUT2D eigenvalue weighted by atomic mass is 9.82. The Labute approximate surface area is 113 Å². The molecule has 0 aliphatic heterocycles. The van der Waals surface area contributed by atoms with Crippen molar-refractivity contribution < 1.29 is 19.5 Å². The van der Waals surface area contributed by atoms with E-state index in [1.807, 2.05) is 0 Å². The number of carboxylic acid groups (broad SMARTS) is 1. The number of carbonyl (C=O) groups is 3. The lowest BCUT2D eigenvalue weighted by molar-refractivity contribution is 0.0697. The number of hydrogen-bond donors (Lipinski definition) is 2. The van der Waals surface area contributed by atoms with Gasteiger partial charge >= 0.3 is 5.97 Å². The van der Waals surface area contributed by atoms with Crippen LogP contribution in [0, 0.1) is 0 Å². The van der Waals surface area contributed by atoms with E-state index < -0.39 is 11.8 Å². The van der Waals surface area contributed by atoms with E-state index in [1.54, 1.807) is 18.2 Å². The molecule has 3 N–H and O–H groups in total. The molecule has 0 aromatic heterocycles. The van der Waals surface area contributed by atoms with Crippen molar-refractivity contribution in [2.75, 3.05) is 5.73 Å². The first kappa shape index (κ1) is 12.1. The van der Waals surface area contributed by atoms with Crippen LogP contribution in [-0.4, -0.2) is 22.6 Å². The number of aromatic carboxylic acids is 1. The van der Waals surface area contributed by atoms with Crippen LogP contribution in [0.2, 0.25) is 0 Å². The van der Waals surface area contributed by atoms with E-state index in [1.165, 1.54) is 18.2 Å². The van der Waals surface area contributed by atoms with Crippen molar-refractivity contribution in [1.29, 1.82) is 0 Å². The van der Waals surface area contributed by atoms with Crippen molar-refractivity contribution in [3.63, 3.8) is 0 Å². The van der Waals surface area contributed by atoms with Crippen LogP contribution in [0.3, 0.4) is 0 Å². The van der Waals surface area contributed by atoms with E-state index in [0.717, 1.165) is 0 Å². The standard InChI is InChI=1S/C15H9NO4/c16-12-10(15(19)20)6-5-9-11(12)14(18)8-4-2-1-3-7(8)13(9)17/h1-6H,16H2,(H,19,20). The molecule has 1 aliphatic rings. The Bertz CT molecular complexity index is 792. The molecule has 0 heterocycles. The third kappa shape index (κ3) is 1.46. The van der Waals surface area contributed by atoms with Gasteiger partial charge in [-0.2, -0.15) is 0 Å². The first-order valence-electron chi connectivity index (χ1n) is 5.86. The maximum Gasteiger partial charge on any atom is 0.337 e. The van der Waals surface area contributed by atoms with Gasteiger partial charge in [-0.15, -0.1) is 0 Å². The topological polar surface area (TPSA) is 97.5 Å². The minimum absolute atomic E-state index is 0.0198. The van der Waals surface area contributed by atoms with Gasteiger partial charge in [0.05, 0.1) is 16.8 Å². The predicted octanol–water partition coefficient (Wildman–Crippen LogP) is 1.74. The first-order chi connectivity index (χ1) is 9.52. The third-order valence-corrected chi connectivity index (χ3v) is 3.36. The molecule has 2 aromatic rings. The lowest BCUT2D eigenvalue weighted by Crippen LogP contribution is -2.23. The molecule has 0 saturated carbocycles. The van der Waals surface area contributed by atoms with Gasteiger partial charge in [0, 0.05) is 16.7 Å². The molecule has 98 valence electrons. The SMILES string of the molecule is Nc1c(C(=O)O)ccc2c1C(=O)c1ccccc1C2=O. The molecule has 1 aliphatic carbocycles. The van der Waals surface area contributed by atoms with Gasteiger partial charge in [0.25, 0.3) is 0 Å². The zero-order chi connectivity index (χ0) is 14.4. The van der Waals surface area contributed by atoms with Crippen LogP contribution in [0.4, 0.5) is 5.69 Å². The number of carbonyl (C=O) groups excluding carboxylic acids is 2. The fraction of sp³-hybridized carbons (Fsp3) is 0. The summed E-state index contributed by atoms with van der Waals surface area (Å²) in [5, 5.41) is 9.04. The van der Waals surface area contributed by atoms with Gasteiger partial charge in [0.2, 0.25) is 0 Å². The highest BCUT2D eigenvalue weighted by atomic mass is 16.4. The third-order valence-electron chi connectivity index (χ3n) is 3.36. The molecule has 0 radical (unpaired) electrons. The maximum atomic E-state index is 12.4. The second-order valence-corrected chi connectivity index (χ2v) is 4.46. The fourth-order valence-electron chi connectivity index (χ4n) is 2.40. The molecule has 5 heteroatoms. The number of carboxylic acids is 1. The number of hydrogen-bond acceptors (Lipinski definition) is 4. The molecular weight excluding hydrogens is 258 g/mol. The number of nitrogen functional groups attached to an aromatic ring is 1. The Balaban J connectivity index is 2.34. The maximum absolute atomic E-state index is 12.4. The smallest absolute Gasteiger partial charge is 0.337 e. The number of anilines is 1. The van der Waals surface area contributed by atoms with E-state index in [-0.39, 0.29) is 33.7 Å². The average molecular weight is 267 g/mol. The number of nitrogens with two attached hydrogens (primary N) is 1. The Hall–Kier alpha value is -2.95. The largest absolute Gasteiger partial charge is 0.478 e. The average Bonchev–Trinajstić information content (AvgIpc) is 2.44. The normalized spacial score (nSPS) is 12.8. The second kappa shape index (κ2) is 4.03. The number of rotatable bonds is 1. The van der Waals surface area contributed by atoms with Crippen LogP contribution in [0.1, 0.15) is 42.2 Å². The zero-order valence-electron chi connectivity index (χ0n) is 10.2. The summed E-state index contributed by atoms with van der Waals surface area (Å²) in [6.07, 6.45) is 0. The Kier molecular flexibility index (Phi) is 2.44. The van der Waals surface area contributed by atoms with E-state index in [2.05, 4.69) is 0 Å². The van der Waals surface area contributed by atoms with Crippen LogP contribution in [0.25, 0.3) is 0 Å². The first-order valence-corrected chi connectivity index (χ1v) is 5.86. The van der Waals surface area contributed by atoms with Crippen molar-refractivity contribution in [3.8, 4) is 0 Å². The van der Waals surface area contributed by atoms with Gasteiger partial charge < -0.3 is 10.8 Å².